The highest BCUT2D eigenvalue weighted by Gasteiger charge is 2.09. The molecule has 0 aliphatic heterocycles. The lowest BCUT2D eigenvalue weighted by Crippen LogP contribution is -1.88. The van der Waals surface area contributed by atoms with Crippen molar-refractivity contribution in [2.24, 2.45) is 0 Å². The molecule has 0 saturated carbocycles. The Bertz CT molecular complexity index is 725. The van der Waals surface area contributed by atoms with Gasteiger partial charge in [-0.1, -0.05) is 18.2 Å². The van der Waals surface area contributed by atoms with Crippen LogP contribution in [0.1, 0.15) is 15.3 Å². The first-order valence-corrected chi connectivity index (χ1v) is 6.90. The number of nitrogens with zero attached hydrogens (tertiary/aromatic N) is 1. The van der Waals surface area contributed by atoms with E-state index in [4.69, 9.17) is 4.98 Å². The Labute approximate surface area is 111 Å². The maximum absolute atomic E-state index is 4.79. The van der Waals surface area contributed by atoms with E-state index in [2.05, 4.69) is 51.1 Å². The maximum Gasteiger partial charge on any atom is 0.0723 e. The summed E-state index contributed by atoms with van der Waals surface area (Å²) >= 11 is 1.84. The minimum absolute atomic E-state index is 1.08. The third kappa shape index (κ3) is 1.83. The van der Waals surface area contributed by atoms with Gasteiger partial charge in [0.1, 0.15) is 0 Å². The van der Waals surface area contributed by atoms with Crippen molar-refractivity contribution in [2.45, 2.75) is 20.8 Å². The van der Waals surface area contributed by atoms with E-state index < -0.39 is 0 Å². The average molecular weight is 253 g/mol. The van der Waals surface area contributed by atoms with Crippen molar-refractivity contribution < 1.29 is 0 Å². The highest BCUT2D eigenvalue weighted by molar-refractivity contribution is 7.12. The quantitative estimate of drug-likeness (QED) is 0.601. The Morgan fingerprint density at radius 1 is 1.00 bits per heavy atom. The summed E-state index contributed by atoms with van der Waals surface area (Å²) in [6, 6.07) is 12.8. The van der Waals surface area contributed by atoms with Gasteiger partial charge in [-0.3, -0.25) is 0 Å². The molecule has 0 atom stereocenters. The van der Waals surface area contributed by atoms with Crippen LogP contribution in [0.2, 0.25) is 0 Å². The van der Waals surface area contributed by atoms with Gasteiger partial charge in [0.2, 0.25) is 0 Å². The van der Waals surface area contributed by atoms with Crippen molar-refractivity contribution in [2.75, 3.05) is 0 Å². The maximum atomic E-state index is 4.79. The van der Waals surface area contributed by atoms with E-state index in [9.17, 15) is 0 Å². The number of hydrogen-bond donors (Lipinski definition) is 0. The van der Waals surface area contributed by atoms with Gasteiger partial charge >= 0.3 is 0 Å². The molecule has 1 aromatic carbocycles. The zero-order valence-corrected chi connectivity index (χ0v) is 11.6. The number of pyridine rings is 1. The molecule has 0 N–H and O–H groups in total. The first-order chi connectivity index (χ1) is 8.65. The molecule has 0 saturated heterocycles. The molecule has 0 aliphatic carbocycles. The first kappa shape index (κ1) is 11.4. The lowest BCUT2D eigenvalue weighted by molar-refractivity contribution is 1.35. The van der Waals surface area contributed by atoms with Crippen molar-refractivity contribution in [1.82, 2.24) is 4.98 Å². The number of benzene rings is 1. The Hall–Kier alpha value is -1.67. The van der Waals surface area contributed by atoms with Crippen LogP contribution in [0.3, 0.4) is 0 Å². The highest BCUT2D eigenvalue weighted by atomic mass is 32.1. The summed E-state index contributed by atoms with van der Waals surface area (Å²) in [7, 11) is 0. The zero-order valence-electron chi connectivity index (χ0n) is 10.8. The van der Waals surface area contributed by atoms with Crippen molar-refractivity contribution in [3.63, 3.8) is 0 Å². The molecule has 0 amide bonds. The SMILES string of the molecule is Cc1cc(-c2cc(C)c3ccccc3n2)c(C)s1. The van der Waals surface area contributed by atoms with E-state index in [1.165, 1.54) is 26.3 Å². The normalized spacial score (nSPS) is 11.1. The Morgan fingerprint density at radius 3 is 2.50 bits per heavy atom. The number of thiophene rings is 1. The topological polar surface area (TPSA) is 12.9 Å². The van der Waals surface area contributed by atoms with Crippen LogP contribution in [-0.4, -0.2) is 4.98 Å². The summed E-state index contributed by atoms with van der Waals surface area (Å²) in [5.74, 6) is 0. The van der Waals surface area contributed by atoms with Crippen molar-refractivity contribution in [1.29, 1.82) is 0 Å². The summed E-state index contributed by atoms with van der Waals surface area (Å²) in [4.78, 5) is 7.47. The summed E-state index contributed by atoms with van der Waals surface area (Å²) in [6.07, 6.45) is 0. The van der Waals surface area contributed by atoms with Crippen LogP contribution in [-0.2, 0) is 0 Å². The van der Waals surface area contributed by atoms with E-state index in [0.29, 0.717) is 0 Å². The molecule has 90 valence electrons. The van der Waals surface area contributed by atoms with Gasteiger partial charge < -0.3 is 0 Å². The Balaban J connectivity index is 2.27. The van der Waals surface area contributed by atoms with Gasteiger partial charge in [-0.2, -0.15) is 0 Å². The zero-order chi connectivity index (χ0) is 12.7. The first-order valence-electron chi connectivity index (χ1n) is 6.09. The van der Waals surface area contributed by atoms with E-state index in [0.717, 1.165) is 11.2 Å². The Kier molecular flexibility index (Phi) is 2.67. The van der Waals surface area contributed by atoms with Crippen LogP contribution in [0.25, 0.3) is 22.2 Å². The van der Waals surface area contributed by atoms with E-state index in [-0.39, 0.29) is 0 Å². The molecule has 18 heavy (non-hydrogen) atoms. The number of rotatable bonds is 1. The van der Waals surface area contributed by atoms with Gasteiger partial charge in [-0.25, -0.2) is 4.98 Å². The van der Waals surface area contributed by atoms with Crippen LogP contribution < -0.4 is 0 Å². The van der Waals surface area contributed by atoms with Gasteiger partial charge in [-0.15, -0.1) is 11.3 Å². The fourth-order valence-corrected chi connectivity index (χ4v) is 3.31. The van der Waals surface area contributed by atoms with Crippen LogP contribution in [0.5, 0.6) is 0 Å². The third-order valence-electron chi connectivity index (χ3n) is 3.24. The molecule has 2 heteroatoms. The number of hydrogen-bond acceptors (Lipinski definition) is 2. The highest BCUT2D eigenvalue weighted by Crippen LogP contribution is 2.31. The standard InChI is InChI=1S/C16H15NS/c1-10-8-16(14-9-11(2)18-12(14)3)17-15-7-5-4-6-13(10)15/h4-9H,1-3H3. The van der Waals surface area contributed by atoms with Gasteiger partial charge in [0.15, 0.2) is 0 Å². The van der Waals surface area contributed by atoms with E-state index >= 15 is 0 Å². The summed E-state index contributed by atoms with van der Waals surface area (Å²) in [6.45, 7) is 6.47. The third-order valence-corrected chi connectivity index (χ3v) is 4.21. The number of aryl methyl sites for hydroxylation is 3. The summed E-state index contributed by atoms with van der Waals surface area (Å²) < 4.78 is 0. The molecule has 0 fully saturated rings. The van der Waals surface area contributed by atoms with E-state index in [1.807, 2.05) is 17.4 Å². The molecule has 0 unspecified atom stereocenters. The van der Waals surface area contributed by atoms with Crippen LogP contribution in [0.15, 0.2) is 36.4 Å². The predicted octanol–water partition coefficient (Wildman–Crippen LogP) is 4.89. The number of aromatic nitrogens is 1. The molecule has 0 bridgehead atoms. The molecule has 0 aliphatic rings. The smallest absolute Gasteiger partial charge is 0.0723 e. The second kappa shape index (κ2) is 4.21. The lowest BCUT2D eigenvalue weighted by atomic mass is 10.1. The number of para-hydroxylation sites is 1. The fourth-order valence-electron chi connectivity index (χ4n) is 2.37. The molecule has 3 rings (SSSR count). The van der Waals surface area contributed by atoms with Gasteiger partial charge in [0.05, 0.1) is 11.2 Å². The summed E-state index contributed by atoms with van der Waals surface area (Å²) in [5.41, 5.74) is 4.73. The second-order valence-electron chi connectivity index (χ2n) is 4.67. The average Bonchev–Trinajstić information content (AvgIpc) is 2.68. The van der Waals surface area contributed by atoms with Crippen molar-refractivity contribution in [3.8, 4) is 11.3 Å². The second-order valence-corrected chi connectivity index (χ2v) is 6.13. The molecule has 0 spiro atoms. The van der Waals surface area contributed by atoms with Gasteiger partial charge in [-0.05, 0) is 44.5 Å². The van der Waals surface area contributed by atoms with Crippen molar-refractivity contribution >= 4 is 22.2 Å². The minimum atomic E-state index is 1.08. The monoisotopic (exact) mass is 253 g/mol. The number of fused-ring (bicyclic) bond motifs is 1. The Morgan fingerprint density at radius 2 is 1.78 bits per heavy atom. The molecular formula is C16H15NS. The van der Waals surface area contributed by atoms with Gasteiger partial charge in [0, 0.05) is 20.7 Å². The predicted molar refractivity (Wildman–Crippen MR) is 79.3 cm³/mol. The van der Waals surface area contributed by atoms with Crippen LogP contribution >= 0.6 is 11.3 Å². The summed E-state index contributed by atoms with van der Waals surface area (Å²) in [5, 5.41) is 1.24. The molecule has 1 nitrogen and oxygen atoms in total. The minimum Gasteiger partial charge on any atom is -0.248 e. The van der Waals surface area contributed by atoms with Crippen molar-refractivity contribution in [3.05, 3.63) is 51.7 Å². The molecule has 3 aromatic rings. The van der Waals surface area contributed by atoms with Crippen LogP contribution in [0.4, 0.5) is 0 Å². The van der Waals surface area contributed by atoms with Crippen LogP contribution in [0, 0.1) is 20.8 Å². The lowest BCUT2D eigenvalue weighted by Gasteiger charge is -2.06. The van der Waals surface area contributed by atoms with E-state index in [1.54, 1.807) is 0 Å². The molecular weight excluding hydrogens is 238 g/mol. The largest absolute Gasteiger partial charge is 0.248 e. The van der Waals surface area contributed by atoms with Gasteiger partial charge in [0.25, 0.3) is 0 Å². The fraction of sp³-hybridized carbons (Fsp3) is 0.188. The molecule has 0 radical (unpaired) electrons. The molecule has 2 heterocycles. The molecule has 2 aromatic heterocycles.